The van der Waals surface area contributed by atoms with Gasteiger partial charge in [0, 0.05) is 29.9 Å². The molecule has 10 heteroatoms. The van der Waals surface area contributed by atoms with Crippen LogP contribution in [0.2, 0.25) is 0 Å². The lowest BCUT2D eigenvalue weighted by molar-refractivity contribution is -0.151. The molecule has 1 saturated heterocycles. The van der Waals surface area contributed by atoms with Crippen molar-refractivity contribution in [2.24, 2.45) is 5.92 Å². The number of likely N-dealkylation sites (tertiary alicyclic amines) is 1. The summed E-state index contributed by atoms with van der Waals surface area (Å²) in [6, 6.07) is 8.08. The van der Waals surface area contributed by atoms with E-state index in [1.165, 1.54) is 21.3 Å². The van der Waals surface area contributed by atoms with Crippen molar-refractivity contribution in [1.82, 2.24) is 24.1 Å². The van der Waals surface area contributed by atoms with E-state index < -0.39 is 0 Å². The highest BCUT2D eigenvalue weighted by atomic mass is 32.1. The van der Waals surface area contributed by atoms with Gasteiger partial charge in [-0.15, -0.1) is 11.3 Å². The summed E-state index contributed by atoms with van der Waals surface area (Å²) in [6.45, 7) is 10.9. The predicted molar refractivity (Wildman–Crippen MR) is 150 cm³/mol. The molecule has 0 radical (unpaired) electrons. The molecule has 4 aromatic rings. The maximum atomic E-state index is 13.9. The standard InChI is InChI=1S/C29H33N5O4S/c1-6-38-28(37)21-8-7-11-32(15-21)25(35)14-22-16-39-29-30-20(5)26(27(36)33(22)29)23-13-19(4)34(31-23)24-10-9-17(2)12-18(24)3/h9-10,12-13,16,21H,6-8,11,14-15H2,1-5H3. The third-order valence-electron chi connectivity index (χ3n) is 7.27. The van der Waals surface area contributed by atoms with Crippen molar-refractivity contribution in [2.75, 3.05) is 19.7 Å². The van der Waals surface area contributed by atoms with Crippen LogP contribution in [0.4, 0.5) is 0 Å². The number of ether oxygens (including phenoxy) is 1. The van der Waals surface area contributed by atoms with Crippen molar-refractivity contribution in [3.05, 3.63) is 68.2 Å². The zero-order valence-corrected chi connectivity index (χ0v) is 23.8. The first-order valence-electron chi connectivity index (χ1n) is 13.3. The fourth-order valence-electron chi connectivity index (χ4n) is 5.33. The van der Waals surface area contributed by atoms with Crippen LogP contribution in [0.1, 0.15) is 48.0 Å². The van der Waals surface area contributed by atoms with Crippen molar-refractivity contribution < 1.29 is 14.3 Å². The molecule has 1 aromatic carbocycles. The fraction of sp³-hybridized carbons (Fsp3) is 0.414. The molecule has 204 valence electrons. The molecule has 1 unspecified atom stereocenters. The van der Waals surface area contributed by atoms with Gasteiger partial charge in [-0.25, -0.2) is 9.67 Å². The minimum atomic E-state index is -0.309. The van der Waals surface area contributed by atoms with Gasteiger partial charge < -0.3 is 9.64 Å². The molecule has 1 aliphatic rings. The summed E-state index contributed by atoms with van der Waals surface area (Å²) in [7, 11) is 0. The van der Waals surface area contributed by atoms with E-state index in [9.17, 15) is 14.4 Å². The highest BCUT2D eigenvalue weighted by Crippen LogP contribution is 2.25. The zero-order chi connectivity index (χ0) is 27.8. The third kappa shape index (κ3) is 5.13. The molecule has 3 aromatic heterocycles. The van der Waals surface area contributed by atoms with Crippen molar-refractivity contribution in [3.63, 3.8) is 0 Å². The molecular formula is C29H33N5O4S. The Labute approximate surface area is 231 Å². The number of piperidine rings is 1. The Morgan fingerprint density at radius 3 is 2.69 bits per heavy atom. The number of carbonyl (C=O) groups is 2. The largest absolute Gasteiger partial charge is 0.466 e. The molecule has 0 N–H and O–H groups in total. The average Bonchev–Trinajstić information content (AvgIpc) is 3.47. The molecule has 1 atom stereocenters. The number of amides is 1. The molecular weight excluding hydrogens is 514 g/mol. The van der Waals surface area contributed by atoms with Crippen LogP contribution in [0.15, 0.2) is 34.4 Å². The Hall–Kier alpha value is -3.79. The number of carbonyl (C=O) groups excluding carboxylic acids is 2. The molecule has 0 spiro atoms. The average molecular weight is 548 g/mol. The van der Waals surface area contributed by atoms with Gasteiger partial charge in [0.15, 0.2) is 4.96 Å². The van der Waals surface area contributed by atoms with Crippen LogP contribution in [0.5, 0.6) is 0 Å². The van der Waals surface area contributed by atoms with Crippen molar-refractivity contribution in [3.8, 4) is 16.9 Å². The number of aryl methyl sites for hydroxylation is 4. The summed E-state index contributed by atoms with van der Waals surface area (Å²) in [5, 5.41) is 6.62. The Balaban J connectivity index is 1.47. The first-order valence-corrected chi connectivity index (χ1v) is 14.1. The molecule has 9 nitrogen and oxygen atoms in total. The van der Waals surface area contributed by atoms with Gasteiger partial charge in [-0.3, -0.25) is 18.8 Å². The van der Waals surface area contributed by atoms with Gasteiger partial charge in [0.2, 0.25) is 5.91 Å². The van der Waals surface area contributed by atoms with Crippen LogP contribution in [-0.2, 0) is 20.7 Å². The number of rotatable bonds is 6. The Morgan fingerprint density at radius 2 is 1.95 bits per heavy atom. The molecule has 39 heavy (non-hydrogen) atoms. The van der Waals surface area contributed by atoms with Crippen molar-refractivity contribution in [1.29, 1.82) is 0 Å². The van der Waals surface area contributed by atoms with Crippen LogP contribution < -0.4 is 5.56 Å². The molecule has 1 amide bonds. The van der Waals surface area contributed by atoms with E-state index in [4.69, 9.17) is 14.8 Å². The molecule has 0 saturated carbocycles. The number of aromatic nitrogens is 4. The maximum absolute atomic E-state index is 13.9. The topological polar surface area (TPSA) is 98.8 Å². The second kappa shape index (κ2) is 10.8. The lowest BCUT2D eigenvalue weighted by Crippen LogP contribution is -2.43. The highest BCUT2D eigenvalue weighted by Gasteiger charge is 2.30. The summed E-state index contributed by atoms with van der Waals surface area (Å²) in [4.78, 5) is 46.3. The lowest BCUT2D eigenvalue weighted by atomic mass is 9.98. The normalized spacial score (nSPS) is 15.6. The maximum Gasteiger partial charge on any atom is 0.310 e. The van der Waals surface area contributed by atoms with Crippen molar-refractivity contribution in [2.45, 2.75) is 53.9 Å². The monoisotopic (exact) mass is 547 g/mol. The van der Waals surface area contributed by atoms with Gasteiger partial charge in [0.05, 0.1) is 35.9 Å². The highest BCUT2D eigenvalue weighted by molar-refractivity contribution is 7.15. The number of fused-ring (bicyclic) bond motifs is 1. The Kier molecular flexibility index (Phi) is 7.40. The van der Waals surface area contributed by atoms with E-state index in [2.05, 4.69) is 13.0 Å². The Bertz CT molecular complexity index is 1630. The van der Waals surface area contributed by atoms with Gasteiger partial charge in [-0.2, -0.15) is 5.10 Å². The van der Waals surface area contributed by atoms with Gasteiger partial charge in [-0.05, 0) is 65.2 Å². The SMILES string of the molecule is CCOC(=O)C1CCCN(C(=O)Cc2csc3nc(C)c(-c4cc(C)n(-c5ccc(C)cc5C)n4)c(=O)n23)C1. The van der Waals surface area contributed by atoms with Crippen molar-refractivity contribution >= 4 is 28.2 Å². The minimum Gasteiger partial charge on any atom is -0.466 e. The van der Waals surface area contributed by atoms with E-state index in [0.29, 0.717) is 53.7 Å². The van der Waals surface area contributed by atoms with Gasteiger partial charge in [0.25, 0.3) is 5.56 Å². The van der Waals surface area contributed by atoms with E-state index in [-0.39, 0.29) is 29.8 Å². The molecule has 1 fully saturated rings. The van der Waals surface area contributed by atoms with E-state index >= 15 is 0 Å². The van der Waals surface area contributed by atoms with Crippen LogP contribution in [0.25, 0.3) is 21.9 Å². The number of thiazole rings is 1. The van der Waals surface area contributed by atoms with E-state index in [1.807, 2.05) is 49.0 Å². The first kappa shape index (κ1) is 26.8. The van der Waals surface area contributed by atoms with E-state index in [1.54, 1.807) is 11.8 Å². The molecule has 0 aliphatic carbocycles. The van der Waals surface area contributed by atoms with Gasteiger partial charge >= 0.3 is 5.97 Å². The van der Waals surface area contributed by atoms with Gasteiger partial charge in [-0.1, -0.05) is 17.7 Å². The number of benzene rings is 1. The predicted octanol–water partition coefficient (Wildman–Crippen LogP) is 4.19. The van der Waals surface area contributed by atoms with Crippen LogP contribution in [-0.4, -0.2) is 55.6 Å². The number of esters is 1. The van der Waals surface area contributed by atoms with Crippen LogP contribution in [0, 0.1) is 33.6 Å². The second-order valence-corrected chi connectivity index (χ2v) is 11.0. The van der Waals surface area contributed by atoms with Crippen LogP contribution >= 0.6 is 11.3 Å². The number of nitrogens with zero attached hydrogens (tertiary/aromatic N) is 5. The lowest BCUT2D eigenvalue weighted by Gasteiger charge is -2.31. The van der Waals surface area contributed by atoms with Gasteiger partial charge in [0.1, 0.15) is 5.69 Å². The summed E-state index contributed by atoms with van der Waals surface area (Å²) in [5.74, 6) is -0.684. The molecule has 4 heterocycles. The molecule has 0 bridgehead atoms. The molecule has 5 rings (SSSR count). The smallest absolute Gasteiger partial charge is 0.310 e. The third-order valence-corrected chi connectivity index (χ3v) is 8.15. The number of hydrogen-bond acceptors (Lipinski definition) is 7. The van der Waals surface area contributed by atoms with E-state index in [0.717, 1.165) is 23.4 Å². The Morgan fingerprint density at radius 1 is 1.15 bits per heavy atom. The zero-order valence-electron chi connectivity index (χ0n) is 23.0. The summed E-state index contributed by atoms with van der Waals surface area (Å²) < 4.78 is 8.55. The fourth-order valence-corrected chi connectivity index (χ4v) is 6.26. The van der Waals surface area contributed by atoms with Crippen LogP contribution in [0.3, 0.4) is 0 Å². The first-order chi connectivity index (χ1) is 18.7. The second-order valence-electron chi connectivity index (χ2n) is 10.2. The quantitative estimate of drug-likeness (QED) is 0.336. The summed E-state index contributed by atoms with van der Waals surface area (Å²) in [6.07, 6.45) is 1.51. The summed E-state index contributed by atoms with van der Waals surface area (Å²) in [5.41, 5.74) is 6.04. The molecule has 1 aliphatic heterocycles. The number of hydrogen-bond donors (Lipinski definition) is 0. The summed E-state index contributed by atoms with van der Waals surface area (Å²) >= 11 is 1.34. The minimum absolute atomic E-state index is 0.0513.